The molecule has 0 spiro atoms. The molecule has 0 heterocycles. The molecule has 4 aliphatic carbocycles. The predicted octanol–water partition coefficient (Wildman–Crippen LogP) is 4.13. The molecular formula is C16H24N2O2. The SMILES string of the molecule is O=NC(C1CC2CCC1C2)C(N=O)C1CC2CCC1C2. The van der Waals surface area contributed by atoms with Gasteiger partial charge in [0.2, 0.25) is 0 Å². The van der Waals surface area contributed by atoms with Crippen LogP contribution in [0.2, 0.25) is 0 Å². The van der Waals surface area contributed by atoms with Crippen molar-refractivity contribution >= 4 is 0 Å². The molecule has 8 atom stereocenters. The summed E-state index contributed by atoms with van der Waals surface area (Å²) in [5, 5.41) is 6.89. The lowest BCUT2D eigenvalue weighted by Gasteiger charge is -2.33. The highest BCUT2D eigenvalue weighted by molar-refractivity contribution is 5.04. The monoisotopic (exact) mass is 276 g/mol. The van der Waals surface area contributed by atoms with E-state index in [4.69, 9.17) is 0 Å². The highest BCUT2D eigenvalue weighted by Gasteiger charge is 2.52. The minimum Gasteiger partial charge on any atom is -0.150 e. The third-order valence-corrected chi connectivity index (χ3v) is 7.06. The van der Waals surface area contributed by atoms with Gasteiger partial charge in [0, 0.05) is 0 Å². The number of rotatable bonds is 5. The van der Waals surface area contributed by atoms with Crippen LogP contribution in [0.15, 0.2) is 10.4 Å². The first-order chi connectivity index (χ1) is 9.80. The maximum Gasteiger partial charge on any atom is 0.121 e. The topological polar surface area (TPSA) is 58.9 Å². The zero-order valence-corrected chi connectivity index (χ0v) is 12.0. The lowest BCUT2D eigenvalue weighted by atomic mass is 9.74. The van der Waals surface area contributed by atoms with Crippen LogP contribution in [0, 0.1) is 45.3 Å². The summed E-state index contributed by atoms with van der Waals surface area (Å²) in [6, 6.07) is -0.653. The van der Waals surface area contributed by atoms with Crippen LogP contribution in [-0.4, -0.2) is 12.1 Å². The van der Waals surface area contributed by atoms with E-state index in [1.54, 1.807) is 0 Å². The van der Waals surface area contributed by atoms with Gasteiger partial charge < -0.3 is 0 Å². The zero-order chi connectivity index (χ0) is 13.7. The summed E-state index contributed by atoms with van der Waals surface area (Å²) in [4.78, 5) is 23.0. The molecule has 0 aliphatic heterocycles. The molecule has 4 fully saturated rings. The molecule has 0 radical (unpaired) electrons. The van der Waals surface area contributed by atoms with Gasteiger partial charge in [-0.25, -0.2) is 0 Å². The van der Waals surface area contributed by atoms with Gasteiger partial charge in [-0.2, -0.15) is 9.81 Å². The van der Waals surface area contributed by atoms with Crippen molar-refractivity contribution in [1.29, 1.82) is 0 Å². The maximum absolute atomic E-state index is 11.5. The highest BCUT2D eigenvalue weighted by Crippen LogP contribution is 2.55. The van der Waals surface area contributed by atoms with E-state index in [0.717, 1.165) is 24.7 Å². The van der Waals surface area contributed by atoms with E-state index in [9.17, 15) is 9.81 Å². The number of fused-ring (bicyclic) bond motifs is 4. The largest absolute Gasteiger partial charge is 0.150 e. The Kier molecular flexibility index (Phi) is 3.15. The van der Waals surface area contributed by atoms with E-state index >= 15 is 0 Å². The fourth-order valence-electron chi connectivity index (χ4n) is 6.21. The predicted molar refractivity (Wildman–Crippen MR) is 77.0 cm³/mol. The van der Waals surface area contributed by atoms with Crippen molar-refractivity contribution in [3.05, 3.63) is 9.81 Å². The summed E-state index contributed by atoms with van der Waals surface area (Å²) in [6.07, 6.45) is 9.88. The minimum atomic E-state index is -0.327. The van der Waals surface area contributed by atoms with Crippen molar-refractivity contribution in [3.8, 4) is 0 Å². The molecule has 0 aromatic carbocycles. The first kappa shape index (κ1) is 12.9. The lowest BCUT2D eigenvalue weighted by Crippen LogP contribution is -2.40. The Morgan fingerprint density at radius 3 is 1.35 bits per heavy atom. The van der Waals surface area contributed by atoms with Gasteiger partial charge >= 0.3 is 0 Å². The van der Waals surface area contributed by atoms with Gasteiger partial charge in [-0.05, 0) is 74.0 Å². The molecule has 4 bridgehead atoms. The van der Waals surface area contributed by atoms with Crippen molar-refractivity contribution < 1.29 is 0 Å². The van der Waals surface area contributed by atoms with Crippen LogP contribution in [0.4, 0.5) is 0 Å². The van der Waals surface area contributed by atoms with Crippen molar-refractivity contribution in [2.75, 3.05) is 0 Å². The molecule has 4 aliphatic rings. The summed E-state index contributed by atoms with van der Waals surface area (Å²) in [6.45, 7) is 0. The molecule has 0 saturated heterocycles. The summed E-state index contributed by atoms with van der Waals surface area (Å²) in [5.74, 6) is 3.58. The zero-order valence-electron chi connectivity index (χ0n) is 12.0. The van der Waals surface area contributed by atoms with Gasteiger partial charge in [0.25, 0.3) is 0 Å². The first-order valence-electron chi connectivity index (χ1n) is 8.45. The van der Waals surface area contributed by atoms with Gasteiger partial charge in [-0.15, -0.1) is 0 Å². The Balaban J connectivity index is 1.53. The Hall–Kier alpha value is -0.800. The summed E-state index contributed by atoms with van der Waals surface area (Å²) in [5.41, 5.74) is 0. The smallest absolute Gasteiger partial charge is 0.121 e. The van der Waals surface area contributed by atoms with E-state index in [1.165, 1.54) is 38.5 Å². The van der Waals surface area contributed by atoms with Gasteiger partial charge in [0.05, 0.1) is 0 Å². The van der Waals surface area contributed by atoms with E-state index < -0.39 is 0 Å². The van der Waals surface area contributed by atoms with Crippen LogP contribution in [0.3, 0.4) is 0 Å². The molecule has 4 nitrogen and oxygen atoms in total. The third-order valence-electron chi connectivity index (χ3n) is 7.06. The average molecular weight is 276 g/mol. The molecule has 0 aromatic heterocycles. The van der Waals surface area contributed by atoms with Crippen molar-refractivity contribution in [2.24, 2.45) is 45.9 Å². The number of hydrogen-bond donors (Lipinski definition) is 0. The summed E-state index contributed by atoms with van der Waals surface area (Å²) < 4.78 is 0. The fourth-order valence-corrected chi connectivity index (χ4v) is 6.21. The van der Waals surface area contributed by atoms with Crippen LogP contribution in [-0.2, 0) is 0 Å². The van der Waals surface area contributed by atoms with Gasteiger partial charge in [-0.1, -0.05) is 23.2 Å². The van der Waals surface area contributed by atoms with E-state index in [1.807, 2.05) is 0 Å². The maximum atomic E-state index is 11.5. The second-order valence-electron chi connectivity index (χ2n) is 7.87. The molecule has 0 N–H and O–H groups in total. The molecular weight excluding hydrogens is 252 g/mol. The standard InChI is InChI=1S/C16H24N2O2/c19-17-15(13-7-9-1-3-11(13)5-9)16(18-20)14-8-10-2-4-12(14)6-10/h9-16H,1-8H2. The van der Waals surface area contributed by atoms with Crippen molar-refractivity contribution in [2.45, 2.75) is 63.5 Å². The molecule has 20 heavy (non-hydrogen) atoms. The Morgan fingerprint density at radius 2 is 1.10 bits per heavy atom. The Bertz CT molecular complexity index is 375. The molecule has 0 aromatic rings. The minimum absolute atomic E-state index is 0.327. The second kappa shape index (κ2) is 4.88. The molecule has 4 saturated carbocycles. The molecule has 4 heteroatoms. The summed E-state index contributed by atoms with van der Waals surface area (Å²) >= 11 is 0. The van der Waals surface area contributed by atoms with Gasteiger partial charge in [0.1, 0.15) is 12.1 Å². The molecule has 0 amide bonds. The van der Waals surface area contributed by atoms with Crippen LogP contribution in [0.1, 0.15) is 51.4 Å². The van der Waals surface area contributed by atoms with Crippen LogP contribution >= 0.6 is 0 Å². The molecule has 110 valence electrons. The second-order valence-corrected chi connectivity index (χ2v) is 7.87. The van der Waals surface area contributed by atoms with Crippen LogP contribution in [0.25, 0.3) is 0 Å². The fraction of sp³-hybridized carbons (Fsp3) is 1.00. The number of nitroso groups, excluding NO2 is 2. The normalized spacial score (nSPS) is 48.4. The van der Waals surface area contributed by atoms with Crippen LogP contribution in [0.5, 0.6) is 0 Å². The van der Waals surface area contributed by atoms with Crippen molar-refractivity contribution in [3.63, 3.8) is 0 Å². The number of nitrogens with zero attached hydrogens (tertiary/aromatic N) is 2. The third kappa shape index (κ3) is 1.86. The van der Waals surface area contributed by atoms with E-state index in [-0.39, 0.29) is 12.1 Å². The summed E-state index contributed by atoms with van der Waals surface area (Å²) in [7, 11) is 0. The highest BCUT2D eigenvalue weighted by atomic mass is 16.3. The van der Waals surface area contributed by atoms with Crippen molar-refractivity contribution in [1.82, 2.24) is 0 Å². The quantitative estimate of drug-likeness (QED) is 0.709. The molecule has 8 unspecified atom stereocenters. The Labute approximate surface area is 120 Å². The lowest BCUT2D eigenvalue weighted by molar-refractivity contribution is 0.189. The van der Waals surface area contributed by atoms with Gasteiger partial charge in [0.15, 0.2) is 0 Å². The van der Waals surface area contributed by atoms with Crippen LogP contribution < -0.4 is 0 Å². The van der Waals surface area contributed by atoms with Gasteiger partial charge in [-0.3, -0.25) is 0 Å². The first-order valence-corrected chi connectivity index (χ1v) is 8.45. The van der Waals surface area contributed by atoms with E-state index in [0.29, 0.717) is 23.7 Å². The number of hydrogen-bond acceptors (Lipinski definition) is 4. The average Bonchev–Trinajstić information content (AvgIpc) is 3.22. The van der Waals surface area contributed by atoms with E-state index in [2.05, 4.69) is 10.4 Å². The molecule has 4 rings (SSSR count). The Morgan fingerprint density at radius 1 is 0.650 bits per heavy atom.